The Morgan fingerprint density at radius 3 is 2.59 bits per heavy atom. The molecule has 2 aliphatic heterocycles. The molecule has 4 fully saturated rings. The third-order valence-corrected chi connectivity index (χ3v) is 7.80. The molecular formula is C23H31N5O. The summed E-state index contributed by atoms with van der Waals surface area (Å²) < 4.78 is 8.30. The first-order valence-electron chi connectivity index (χ1n) is 11.2. The summed E-state index contributed by atoms with van der Waals surface area (Å²) >= 11 is 0. The molecule has 29 heavy (non-hydrogen) atoms. The first kappa shape index (κ1) is 17.9. The maximum absolute atomic E-state index is 5.91. The topological polar surface area (TPSA) is 69.2 Å². The largest absolute Gasteiger partial charge is 0.383 e. The Kier molecular flexibility index (Phi) is 3.88. The number of anilines is 1. The normalized spacial score (nSPS) is 35.6. The van der Waals surface area contributed by atoms with Gasteiger partial charge in [0.2, 0.25) is 0 Å². The molecule has 154 valence electrons. The molecule has 0 spiro atoms. The van der Waals surface area contributed by atoms with Gasteiger partial charge in [0.05, 0.1) is 18.4 Å². The lowest BCUT2D eigenvalue weighted by molar-refractivity contribution is 0.00950. The number of aromatic nitrogens is 3. The van der Waals surface area contributed by atoms with E-state index in [0.717, 1.165) is 47.9 Å². The van der Waals surface area contributed by atoms with Crippen molar-refractivity contribution in [2.75, 3.05) is 18.9 Å². The number of hydrogen-bond acceptors (Lipinski definition) is 5. The number of rotatable bonds is 4. The molecule has 0 amide bonds. The fraction of sp³-hybridized carbons (Fsp3) is 0.652. The number of ether oxygens (including phenoxy) is 1. The predicted octanol–water partition coefficient (Wildman–Crippen LogP) is 3.38. The maximum atomic E-state index is 5.91. The highest BCUT2D eigenvalue weighted by atomic mass is 16.5. The Morgan fingerprint density at radius 1 is 1.17 bits per heavy atom. The molecule has 6 rings (SSSR count). The van der Waals surface area contributed by atoms with Crippen LogP contribution in [0.25, 0.3) is 11.3 Å². The van der Waals surface area contributed by atoms with Gasteiger partial charge in [-0.1, -0.05) is 13.8 Å². The van der Waals surface area contributed by atoms with Gasteiger partial charge in [-0.15, -0.1) is 0 Å². The van der Waals surface area contributed by atoms with Gasteiger partial charge >= 0.3 is 0 Å². The molecule has 2 bridgehead atoms. The monoisotopic (exact) mass is 393 g/mol. The molecule has 0 radical (unpaired) electrons. The van der Waals surface area contributed by atoms with E-state index in [4.69, 9.17) is 15.5 Å². The summed E-state index contributed by atoms with van der Waals surface area (Å²) in [6.45, 7) is 8.62. The summed E-state index contributed by atoms with van der Waals surface area (Å²) in [5.74, 6) is 3.84. The van der Waals surface area contributed by atoms with E-state index in [-0.39, 0.29) is 0 Å². The molecule has 6 nitrogen and oxygen atoms in total. The second-order valence-corrected chi connectivity index (χ2v) is 9.96. The van der Waals surface area contributed by atoms with Crippen LogP contribution in [0, 0.1) is 18.8 Å². The van der Waals surface area contributed by atoms with E-state index >= 15 is 0 Å². The third-order valence-electron chi connectivity index (χ3n) is 7.80. The van der Waals surface area contributed by atoms with Crippen molar-refractivity contribution in [3.63, 3.8) is 0 Å². The van der Waals surface area contributed by atoms with Crippen molar-refractivity contribution in [1.29, 1.82) is 0 Å². The molecule has 2 saturated carbocycles. The maximum Gasteiger partial charge on any atom is 0.126 e. The number of likely N-dealkylation sites (tertiary alicyclic amines) is 1. The number of aryl methyl sites for hydroxylation is 1. The molecule has 4 heterocycles. The summed E-state index contributed by atoms with van der Waals surface area (Å²) in [7, 11) is 0. The standard InChI is InChI=1S/C23H31N5O/c1-12(2)23-26-20(14-4-13(3)22(24)25-8-14)10-28(23)21-18-6-15(7-19(18)21)27-9-17-5-16(27)11-29-17/h4,8,10,12,15-19,21H,5-7,9,11H2,1-3H3,(H2,24,25)/t15?,16-,17-,18?,19?,21?/m0/s1. The molecule has 2 unspecified atom stereocenters. The molecule has 6 heteroatoms. The lowest BCUT2D eigenvalue weighted by Crippen LogP contribution is -2.43. The van der Waals surface area contributed by atoms with Gasteiger partial charge in [0.15, 0.2) is 0 Å². The van der Waals surface area contributed by atoms with Crippen molar-refractivity contribution in [2.45, 2.75) is 70.2 Å². The molecule has 0 aromatic carbocycles. The Balaban J connectivity index is 1.23. The minimum Gasteiger partial charge on any atom is -0.383 e. The van der Waals surface area contributed by atoms with E-state index in [2.05, 4.69) is 40.6 Å². The van der Waals surface area contributed by atoms with Gasteiger partial charge in [-0.2, -0.15) is 0 Å². The second-order valence-electron chi connectivity index (χ2n) is 9.96. The van der Waals surface area contributed by atoms with E-state index in [1.165, 1.54) is 25.1 Å². The number of morpholine rings is 1. The van der Waals surface area contributed by atoms with Crippen LogP contribution in [0.1, 0.15) is 56.5 Å². The van der Waals surface area contributed by atoms with E-state index in [0.29, 0.717) is 29.9 Å². The van der Waals surface area contributed by atoms with Crippen molar-refractivity contribution in [3.8, 4) is 11.3 Å². The number of nitrogen functional groups attached to an aromatic ring is 1. The van der Waals surface area contributed by atoms with Crippen LogP contribution in [0.3, 0.4) is 0 Å². The van der Waals surface area contributed by atoms with Crippen LogP contribution in [0.2, 0.25) is 0 Å². The lowest BCUT2D eigenvalue weighted by atomic mass is 10.1. The van der Waals surface area contributed by atoms with Crippen molar-refractivity contribution >= 4 is 5.82 Å². The predicted molar refractivity (Wildman–Crippen MR) is 113 cm³/mol. The number of nitrogens with two attached hydrogens (primary N) is 1. The highest BCUT2D eigenvalue weighted by Crippen LogP contribution is 2.62. The van der Waals surface area contributed by atoms with Crippen molar-refractivity contribution in [3.05, 3.63) is 29.8 Å². The van der Waals surface area contributed by atoms with E-state index in [1.807, 2.05) is 13.1 Å². The second kappa shape index (κ2) is 6.29. The zero-order valence-electron chi connectivity index (χ0n) is 17.6. The van der Waals surface area contributed by atoms with Crippen LogP contribution >= 0.6 is 0 Å². The van der Waals surface area contributed by atoms with Crippen LogP contribution < -0.4 is 5.73 Å². The lowest BCUT2D eigenvalue weighted by Gasteiger charge is -2.33. The summed E-state index contributed by atoms with van der Waals surface area (Å²) in [5, 5.41) is 0. The van der Waals surface area contributed by atoms with E-state index < -0.39 is 0 Å². The van der Waals surface area contributed by atoms with Gasteiger partial charge < -0.3 is 15.0 Å². The Bertz CT molecular complexity index is 941. The van der Waals surface area contributed by atoms with Crippen molar-refractivity contribution < 1.29 is 4.74 Å². The summed E-state index contributed by atoms with van der Waals surface area (Å²) in [4.78, 5) is 12.1. The Hall–Kier alpha value is -1.92. The van der Waals surface area contributed by atoms with Crippen LogP contribution in [-0.2, 0) is 4.74 Å². The average Bonchev–Trinajstić information content (AvgIpc) is 3.27. The number of hydrogen-bond donors (Lipinski definition) is 1. The quantitative estimate of drug-likeness (QED) is 0.862. The Labute approximate surface area is 172 Å². The van der Waals surface area contributed by atoms with Gasteiger partial charge in [0.1, 0.15) is 11.6 Å². The van der Waals surface area contributed by atoms with Gasteiger partial charge in [0.25, 0.3) is 0 Å². The fourth-order valence-corrected chi connectivity index (χ4v) is 6.28. The molecule has 2 aromatic rings. The van der Waals surface area contributed by atoms with Crippen LogP contribution in [0.15, 0.2) is 18.5 Å². The number of fused-ring (bicyclic) bond motifs is 3. The van der Waals surface area contributed by atoms with Gasteiger partial charge in [0, 0.05) is 48.5 Å². The zero-order chi connectivity index (χ0) is 19.9. The average molecular weight is 394 g/mol. The molecule has 2 aliphatic carbocycles. The minimum atomic E-state index is 0.412. The van der Waals surface area contributed by atoms with Gasteiger partial charge in [-0.25, -0.2) is 9.97 Å². The highest BCUT2D eigenvalue weighted by Gasteiger charge is 2.60. The number of pyridine rings is 1. The highest BCUT2D eigenvalue weighted by molar-refractivity contribution is 5.61. The van der Waals surface area contributed by atoms with Crippen molar-refractivity contribution in [2.24, 2.45) is 11.8 Å². The van der Waals surface area contributed by atoms with E-state index in [9.17, 15) is 0 Å². The molecular weight excluding hydrogens is 362 g/mol. The fourth-order valence-electron chi connectivity index (χ4n) is 6.28. The third kappa shape index (κ3) is 2.76. The molecule has 2 N–H and O–H groups in total. The first-order chi connectivity index (χ1) is 14.0. The minimum absolute atomic E-state index is 0.412. The van der Waals surface area contributed by atoms with E-state index in [1.54, 1.807) is 0 Å². The smallest absolute Gasteiger partial charge is 0.126 e. The summed E-state index contributed by atoms with van der Waals surface area (Å²) in [5.41, 5.74) is 9.01. The first-order valence-corrected chi connectivity index (χ1v) is 11.2. The number of nitrogens with zero attached hydrogens (tertiary/aromatic N) is 4. The zero-order valence-corrected chi connectivity index (χ0v) is 17.6. The summed E-state index contributed by atoms with van der Waals surface area (Å²) in [6.07, 6.45) is 8.57. The SMILES string of the molecule is Cc1cc(-c2cn(C3C4CC(N5C[C@@H]6C[C@H]5CO6)CC43)c(C(C)C)n2)cnc1N. The molecule has 2 saturated heterocycles. The van der Waals surface area contributed by atoms with Crippen LogP contribution in [-0.4, -0.2) is 50.8 Å². The number of imidazole rings is 1. The van der Waals surface area contributed by atoms with Crippen molar-refractivity contribution in [1.82, 2.24) is 19.4 Å². The molecule has 4 aliphatic rings. The molecule has 2 aromatic heterocycles. The summed E-state index contributed by atoms with van der Waals surface area (Å²) in [6, 6.07) is 4.19. The van der Waals surface area contributed by atoms with Crippen LogP contribution in [0.5, 0.6) is 0 Å². The molecule has 4 atom stereocenters. The van der Waals surface area contributed by atoms with Gasteiger partial charge in [-0.3, -0.25) is 4.90 Å². The van der Waals surface area contributed by atoms with Gasteiger partial charge in [-0.05, 0) is 49.7 Å². The Morgan fingerprint density at radius 2 is 1.97 bits per heavy atom. The van der Waals surface area contributed by atoms with Crippen LogP contribution in [0.4, 0.5) is 5.82 Å².